The van der Waals surface area contributed by atoms with Gasteiger partial charge >= 0.3 is 0 Å². The molecule has 20 heavy (non-hydrogen) atoms. The molecule has 2 heteroatoms. The third-order valence-electron chi connectivity index (χ3n) is 4.07. The number of hydrogen-bond acceptors (Lipinski definition) is 2. The first-order valence-corrected chi connectivity index (χ1v) is 8.11. The summed E-state index contributed by atoms with van der Waals surface area (Å²) in [7, 11) is 0. The highest BCUT2D eigenvalue weighted by molar-refractivity contribution is 5.28. The topological polar surface area (TPSA) is 21.3 Å². The second-order valence-electron chi connectivity index (χ2n) is 6.25. The lowest BCUT2D eigenvalue weighted by Crippen LogP contribution is -2.26. The molecule has 2 rings (SSSR count). The van der Waals surface area contributed by atoms with Crippen LogP contribution in [0, 0.1) is 12.8 Å². The number of rotatable bonds is 9. The largest absolute Gasteiger partial charge is 0.372 e. The molecule has 1 aromatic carbocycles. The van der Waals surface area contributed by atoms with E-state index in [1.807, 2.05) is 0 Å². The zero-order valence-corrected chi connectivity index (χ0v) is 13.2. The van der Waals surface area contributed by atoms with Crippen molar-refractivity contribution in [2.24, 2.45) is 5.92 Å². The predicted octanol–water partition coefficient (Wildman–Crippen LogP) is 4.24. The molecule has 0 saturated heterocycles. The maximum absolute atomic E-state index is 6.24. The molecule has 0 radical (unpaired) electrons. The van der Waals surface area contributed by atoms with Crippen LogP contribution in [-0.2, 0) is 4.74 Å². The minimum absolute atomic E-state index is 0.191. The smallest absolute Gasteiger partial charge is 0.0951 e. The summed E-state index contributed by atoms with van der Waals surface area (Å²) < 4.78 is 6.24. The van der Waals surface area contributed by atoms with E-state index < -0.39 is 0 Å². The van der Waals surface area contributed by atoms with Crippen LogP contribution >= 0.6 is 0 Å². The molecule has 1 aliphatic rings. The molecule has 0 aliphatic heterocycles. The first-order chi connectivity index (χ1) is 9.70. The summed E-state index contributed by atoms with van der Waals surface area (Å²) in [5.74, 6) is 0.646. The van der Waals surface area contributed by atoms with Gasteiger partial charge in [-0.25, -0.2) is 0 Å². The van der Waals surface area contributed by atoms with Crippen LogP contribution in [0.1, 0.15) is 56.8 Å². The molecular formula is C18H29NO. The SMILES string of the molecule is CCCC(C)COC(CNC1CC1)c1ccccc1C. The van der Waals surface area contributed by atoms with Gasteiger partial charge in [0, 0.05) is 12.6 Å². The Hall–Kier alpha value is -0.860. The van der Waals surface area contributed by atoms with Crippen molar-refractivity contribution < 1.29 is 4.74 Å². The van der Waals surface area contributed by atoms with Gasteiger partial charge in [0.1, 0.15) is 0 Å². The maximum atomic E-state index is 6.24. The summed E-state index contributed by atoms with van der Waals surface area (Å²) in [5.41, 5.74) is 2.67. The number of hydrogen-bond donors (Lipinski definition) is 1. The van der Waals surface area contributed by atoms with E-state index in [9.17, 15) is 0 Å². The van der Waals surface area contributed by atoms with Gasteiger partial charge in [0.2, 0.25) is 0 Å². The Bertz CT molecular complexity index is 400. The third kappa shape index (κ3) is 4.92. The van der Waals surface area contributed by atoms with Crippen LogP contribution in [-0.4, -0.2) is 19.2 Å². The molecule has 1 aliphatic carbocycles. The highest BCUT2D eigenvalue weighted by Gasteiger charge is 2.23. The molecule has 0 spiro atoms. The van der Waals surface area contributed by atoms with Crippen LogP contribution in [0.3, 0.4) is 0 Å². The van der Waals surface area contributed by atoms with E-state index in [0.29, 0.717) is 5.92 Å². The van der Waals surface area contributed by atoms with Crippen LogP contribution in [0.15, 0.2) is 24.3 Å². The lowest BCUT2D eigenvalue weighted by atomic mass is 10.0. The first-order valence-electron chi connectivity index (χ1n) is 8.11. The molecule has 2 atom stereocenters. The van der Waals surface area contributed by atoms with Gasteiger partial charge < -0.3 is 10.1 Å². The summed E-state index contributed by atoms with van der Waals surface area (Å²) in [5, 5.41) is 3.61. The molecular weight excluding hydrogens is 246 g/mol. The molecule has 112 valence electrons. The van der Waals surface area contributed by atoms with E-state index in [2.05, 4.69) is 50.4 Å². The maximum Gasteiger partial charge on any atom is 0.0951 e. The van der Waals surface area contributed by atoms with Gasteiger partial charge in [-0.3, -0.25) is 0 Å². The minimum atomic E-state index is 0.191. The molecule has 0 bridgehead atoms. The van der Waals surface area contributed by atoms with E-state index in [1.54, 1.807) is 0 Å². The Labute approximate surface area is 123 Å². The number of aryl methyl sites for hydroxylation is 1. The van der Waals surface area contributed by atoms with Crippen LogP contribution in [0.25, 0.3) is 0 Å². The zero-order valence-electron chi connectivity index (χ0n) is 13.2. The van der Waals surface area contributed by atoms with E-state index in [4.69, 9.17) is 4.74 Å². The van der Waals surface area contributed by atoms with Gasteiger partial charge in [0.25, 0.3) is 0 Å². The van der Waals surface area contributed by atoms with Crippen LogP contribution < -0.4 is 5.32 Å². The van der Waals surface area contributed by atoms with Crippen LogP contribution in [0.2, 0.25) is 0 Å². The Balaban J connectivity index is 1.94. The number of ether oxygens (including phenoxy) is 1. The monoisotopic (exact) mass is 275 g/mol. The number of nitrogens with one attached hydrogen (secondary N) is 1. The minimum Gasteiger partial charge on any atom is -0.372 e. The van der Waals surface area contributed by atoms with Crippen molar-refractivity contribution in [3.05, 3.63) is 35.4 Å². The molecule has 0 heterocycles. The average Bonchev–Trinajstić information content (AvgIpc) is 3.24. The lowest BCUT2D eigenvalue weighted by Gasteiger charge is -2.23. The summed E-state index contributed by atoms with van der Waals surface area (Å²) in [6, 6.07) is 9.34. The fourth-order valence-corrected chi connectivity index (χ4v) is 2.62. The standard InChI is InChI=1S/C18H29NO/c1-4-7-14(2)13-20-18(12-19-16-10-11-16)17-9-6-5-8-15(17)3/h5-6,8-9,14,16,18-19H,4,7,10-13H2,1-3H3. The molecule has 1 fully saturated rings. The first kappa shape index (κ1) is 15.5. The molecule has 0 aromatic heterocycles. The van der Waals surface area contributed by atoms with Crippen molar-refractivity contribution in [3.8, 4) is 0 Å². The Kier molecular flexibility index (Phi) is 6.06. The highest BCUT2D eigenvalue weighted by atomic mass is 16.5. The fraction of sp³-hybridized carbons (Fsp3) is 0.667. The normalized spacial score (nSPS) is 17.9. The van der Waals surface area contributed by atoms with Crippen molar-refractivity contribution >= 4 is 0 Å². The summed E-state index contributed by atoms with van der Waals surface area (Å²) in [6.45, 7) is 8.50. The predicted molar refractivity (Wildman–Crippen MR) is 85.0 cm³/mol. The van der Waals surface area contributed by atoms with E-state index >= 15 is 0 Å². The van der Waals surface area contributed by atoms with Gasteiger partial charge in [0.15, 0.2) is 0 Å². The molecule has 1 aromatic rings. The van der Waals surface area contributed by atoms with Crippen molar-refractivity contribution in [2.45, 2.75) is 58.6 Å². The Morgan fingerprint density at radius 3 is 2.70 bits per heavy atom. The average molecular weight is 275 g/mol. The van der Waals surface area contributed by atoms with Crippen molar-refractivity contribution in [1.82, 2.24) is 5.32 Å². The summed E-state index contributed by atoms with van der Waals surface area (Å²) in [4.78, 5) is 0. The Morgan fingerprint density at radius 2 is 2.05 bits per heavy atom. The molecule has 0 amide bonds. The summed E-state index contributed by atoms with van der Waals surface area (Å²) >= 11 is 0. The zero-order chi connectivity index (χ0) is 14.4. The van der Waals surface area contributed by atoms with Crippen molar-refractivity contribution in [3.63, 3.8) is 0 Å². The van der Waals surface area contributed by atoms with Crippen molar-refractivity contribution in [2.75, 3.05) is 13.2 Å². The highest BCUT2D eigenvalue weighted by Crippen LogP contribution is 2.25. The second-order valence-corrected chi connectivity index (χ2v) is 6.25. The van der Waals surface area contributed by atoms with Gasteiger partial charge in [0.05, 0.1) is 12.7 Å². The van der Waals surface area contributed by atoms with Gasteiger partial charge in [-0.05, 0) is 43.2 Å². The van der Waals surface area contributed by atoms with Crippen LogP contribution in [0.4, 0.5) is 0 Å². The van der Waals surface area contributed by atoms with Gasteiger partial charge in [-0.2, -0.15) is 0 Å². The lowest BCUT2D eigenvalue weighted by molar-refractivity contribution is 0.0294. The third-order valence-corrected chi connectivity index (χ3v) is 4.07. The van der Waals surface area contributed by atoms with E-state index in [-0.39, 0.29) is 6.10 Å². The number of benzene rings is 1. The molecule has 1 saturated carbocycles. The van der Waals surface area contributed by atoms with Crippen LogP contribution in [0.5, 0.6) is 0 Å². The van der Waals surface area contributed by atoms with E-state index in [1.165, 1.54) is 36.8 Å². The van der Waals surface area contributed by atoms with E-state index in [0.717, 1.165) is 19.2 Å². The van der Waals surface area contributed by atoms with Gasteiger partial charge in [-0.15, -0.1) is 0 Å². The quantitative estimate of drug-likeness (QED) is 0.728. The Morgan fingerprint density at radius 1 is 1.30 bits per heavy atom. The molecule has 1 N–H and O–H groups in total. The fourth-order valence-electron chi connectivity index (χ4n) is 2.62. The van der Waals surface area contributed by atoms with Crippen molar-refractivity contribution in [1.29, 1.82) is 0 Å². The van der Waals surface area contributed by atoms with Gasteiger partial charge in [-0.1, -0.05) is 44.5 Å². The second kappa shape index (κ2) is 7.80. The summed E-state index contributed by atoms with van der Waals surface area (Å²) in [6.07, 6.45) is 5.33. The molecule has 2 unspecified atom stereocenters. The molecule has 2 nitrogen and oxygen atoms in total.